The summed E-state index contributed by atoms with van der Waals surface area (Å²) in [5.74, 6) is -0.00677. The maximum absolute atomic E-state index is 11.9. The monoisotopic (exact) mass is 363 g/mol. The first kappa shape index (κ1) is 20.7. The maximum Gasteiger partial charge on any atom is 0.410 e. The van der Waals surface area contributed by atoms with Crippen LogP contribution in [0.15, 0.2) is 0 Å². The van der Waals surface area contributed by atoms with Crippen molar-refractivity contribution in [3.63, 3.8) is 0 Å². The molecule has 8 nitrogen and oxygen atoms in total. The number of hydrogen-bond donors (Lipinski definition) is 1. The third kappa shape index (κ3) is 7.48. The summed E-state index contributed by atoms with van der Waals surface area (Å²) in [6.45, 7) is 6.68. The summed E-state index contributed by atoms with van der Waals surface area (Å²) in [6, 6.07) is 0. The molecule has 0 radical (unpaired) electrons. The Morgan fingerprint density at radius 1 is 1.25 bits per heavy atom. The number of carbonyl (C=O) groups excluding carboxylic acids is 2. The molecule has 1 aliphatic heterocycles. The average Bonchev–Trinajstić information content (AvgIpc) is 2.42. The Bertz CT molecular complexity index is 548. The van der Waals surface area contributed by atoms with Gasteiger partial charge in [0.2, 0.25) is 15.9 Å². The first-order valence-corrected chi connectivity index (χ1v) is 9.89. The summed E-state index contributed by atoms with van der Waals surface area (Å²) in [5.41, 5.74) is -0.602. The molecule has 0 bridgehead atoms. The second kappa shape index (κ2) is 8.15. The van der Waals surface area contributed by atoms with Gasteiger partial charge in [-0.3, -0.25) is 4.79 Å². The van der Waals surface area contributed by atoms with Crippen LogP contribution < -0.4 is 5.32 Å². The summed E-state index contributed by atoms with van der Waals surface area (Å²) in [4.78, 5) is 24.9. The van der Waals surface area contributed by atoms with Gasteiger partial charge in [-0.1, -0.05) is 0 Å². The van der Waals surface area contributed by atoms with Gasteiger partial charge in [0.15, 0.2) is 0 Å². The van der Waals surface area contributed by atoms with Gasteiger partial charge < -0.3 is 15.0 Å². The Hall–Kier alpha value is -1.35. The van der Waals surface area contributed by atoms with Gasteiger partial charge in [-0.25, -0.2) is 17.5 Å². The summed E-state index contributed by atoms with van der Waals surface area (Å²) in [7, 11) is -1.62. The first-order valence-electron chi connectivity index (χ1n) is 8.04. The third-order valence-electron chi connectivity index (χ3n) is 3.72. The lowest BCUT2D eigenvalue weighted by Gasteiger charge is -2.30. The first-order chi connectivity index (χ1) is 10.9. The Morgan fingerprint density at radius 2 is 1.79 bits per heavy atom. The van der Waals surface area contributed by atoms with Gasteiger partial charge in [0.25, 0.3) is 0 Å². The fourth-order valence-corrected chi connectivity index (χ4v) is 3.25. The number of nitrogens with one attached hydrogen (secondary N) is 1. The molecule has 0 unspecified atom stereocenters. The van der Waals surface area contributed by atoms with Crippen LogP contribution in [0.25, 0.3) is 0 Å². The van der Waals surface area contributed by atoms with Crippen molar-refractivity contribution in [3.8, 4) is 0 Å². The van der Waals surface area contributed by atoms with Gasteiger partial charge in [0, 0.05) is 26.7 Å². The SMILES string of the molecule is CN(CC(=O)NCC1CCN(S(C)(=O)=O)CC1)C(=O)OC(C)(C)C. The zero-order valence-corrected chi connectivity index (χ0v) is 16.0. The second-order valence-corrected chi connectivity index (χ2v) is 9.23. The molecule has 1 aliphatic rings. The molecule has 0 atom stereocenters. The summed E-state index contributed by atoms with van der Waals surface area (Å²) < 4.78 is 29.5. The molecule has 1 heterocycles. The van der Waals surface area contributed by atoms with Crippen molar-refractivity contribution >= 4 is 22.0 Å². The molecule has 0 spiro atoms. The van der Waals surface area contributed by atoms with Gasteiger partial charge in [-0.2, -0.15) is 0 Å². The van der Waals surface area contributed by atoms with Crippen molar-refractivity contribution in [3.05, 3.63) is 0 Å². The highest BCUT2D eigenvalue weighted by Crippen LogP contribution is 2.18. The van der Waals surface area contributed by atoms with Crippen molar-refractivity contribution in [1.29, 1.82) is 0 Å². The highest BCUT2D eigenvalue weighted by atomic mass is 32.2. The minimum atomic E-state index is -3.13. The van der Waals surface area contributed by atoms with Crippen molar-refractivity contribution in [2.24, 2.45) is 5.92 Å². The quantitative estimate of drug-likeness (QED) is 0.773. The standard InChI is InChI=1S/C15H29N3O5S/c1-15(2,3)23-14(20)17(4)11-13(19)16-10-12-6-8-18(9-7-12)24(5,21)22/h12H,6-11H2,1-5H3,(H,16,19). The zero-order valence-electron chi connectivity index (χ0n) is 15.2. The van der Waals surface area contributed by atoms with E-state index in [1.807, 2.05) is 0 Å². The van der Waals surface area contributed by atoms with E-state index in [1.165, 1.54) is 22.5 Å². The largest absolute Gasteiger partial charge is 0.444 e. The normalized spacial score (nSPS) is 17.4. The van der Waals surface area contributed by atoms with Gasteiger partial charge in [0.1, 0.15) is 12.1 Å². The van der Waals surface area contributed by atoms with E-state index in [1.54, 1.807) is 20.8 Å². The molecule has 1 saturated heterocycles. The van der Waals surface area contributed by atoms with Crippen molar-refractivity contribution in [1.82, 2.24) is 14.5 Å². The van der Waals surface area contributed by atoms with Crippen LogP contribution in [0.2, 0.25) is 0 Å². The van der Waals surface area contributed by atoms with Crippen molar-refractivity contribution < 1.29 is 22.7 Å². The Kier molecular flexibility index (Phi) is 7.03. The van der Waals surface area contributed by atoms with E-state index in [0.717, 1.165) is 12.8 Å². The molecule has 1 rings (SSSR count). The van der Waals surface area contributed by atoms with Crippen LogP contribution in [0.1, 0.15) is 33.6 Å². The molecule has 0 saturated carbocycles. The van der Waals surface area contributed by atoms with Gasteiger partial charge in [0.05, 0.1) is 6.26 Å². The van der Waals surface area contributed by atoms with Crippen LogP contribution in [-0.4, -0.2) is 74.7 Å². The molecular weight excluding hydrogens is 334 g/mol. The highest BCUT2D eigenvalue weighted by molar-refractivity contribution is 7.88. The van der Waals surface area contributed by atoms with Crippen LogP contribution in [-0.2, 0) is 19.6 Å². The molecule has 0 aromatic carbocycles. The van der Waals surface area contributed by atoms with E-state index in [4.69, 9.17) is 4.74 Å². The van der Waals surface area contributed by atoms with Gasteiger partial charge >= 0.3 is 6.09 Å². The Morgan fingerprint density at radius 3 is 2.25 bits per heavy atom. The number of carbonyl (C=O) groups is 2. The maximum atomic E-state index is 11.9. The van der Waals surface area contributed by atoms with Gasteiger partial charge in [-0.05, 0) is 39.5 Å². The molecule has 0 aromatic rings. The minimum Gasteiger partial charge on any atom is -0.444 e. The fraction of sp³-hybridized carbons (Fsp3) is 0.867. The second-order valence-electron chi connectivity index (χ2n) is 7.25. The summed E-state index contributed by atoms with van der Waals surface area (Å²) in [5, 5.41) is 2.80. The van der Waals surface area contributed by atoms with E-state index in [-0.39, 0.29) is 18.4 Å². The zero-order chi connectivity index (χ0) is 18.5. The van der Waals surface area contributed by atoms with E-state index < -0.39 is 21.7 Å². The predicted molar refractivity (Wildman–Crippen MR) is 91.0 cm³/mol. The smallest absolute Gasteiger partial charge is 0.410 e. The average molecular weight is 363 g/mol. The van der Waals surface area contributed by atoms with Crippen LogP contribution >= 0.6 is 0 Å². The summed E-state index contributed by atoms with van der Waals surface area (Å²) in [6.07, 6.45) is 2.10. The Labute approximate surface area is 144 Å². The molecule has 140 valence electrons. The van der Waals surface area contributed by atoms with E-state index >= 15 is 0 Å². The molecular formula is C15H29N3O5S. The minimum absolute atomic E-state index is 0.0723. The van der Waals surface area contributed by atoms with Crippen molar-refractivity contribution in [2.45, 2.75) is 39.2 Å². The van der Waals surface area contributed by atoms with E-state index in [2.05, 4.69) is 5.32 Å². The number of amides is 2. The number of hydrogen-bond acceptors (Lipinski definition) is 5. The molecule has 9 heteroatoms. The van der Waals surface area contributed by atoms with Crippen LogP contribution in [0.4, 0.5) is 4.79 Å². The number of sulfonamides is 1. The van der Waals surface area contributed by atoms with Crippen LogP contribution in [0, 0.1) is 5.92 Å². The van der Waals surface area contributed by atoms with Gasteiger partial charge in [-0.15, -0.1) is 0 Å². The molecule has 1 N–H and O–H groups in total. The Balaban J connectivity index is 2.31. The number of piperidine rings is 1. The molecule has 1 fully saturated rings. The number of rotatable bonds is 5. The number of likely N-dealkylation sites (N-methyl/N-ethyl adjacent to an activating group) is 1. The molecule has 0 aliphatic carbocycles. The lowest BCUT2D eigenvalue weighted by molar-refractivity contribution is -0.122. The van der Waals surface area contributed by atoms with Crippen molar-refractivity contribution in [2.75, 3.05) is 39.5 Å². The third-order valence-corrected chi connectivity index (χ3v) is 5.02. The number of nitrogens with zero attached hydrogens (tertiary/aromatic N) is 2. The number of ether oxygens (including phenoxy) is 1. The van der Waals surface area contributed by atoms with E-state index in [9.17, 15) is 18.0 Å². The molecule has 24 heavy (non-hydrogen) atoms. The molecule has 2 amide bonds. The van der Waals surface area contributed by atoms with E-state index in [0.29, 0.717) is 19.6 Å². The van der Waals surface area contributed by atoms with Crippen LogP contribution in [0.5, 0.6) is 0 Å². The van der Waals surface area contributed by atoms with Crippen LogP contribution in [0.3, 0.4) is 0 Å². The predicted octanol–water partition coefficient (Wildman–Crippen LogP) is 0.641. The molecule has 0 aromatic heterocycles. The topological polar surface area (TPSA) is 96.0 Å². The highest BCUT2D eigenvalue weighted by Gasteiger charge is 2.25. The fourth-order valence-electron chi connectivity index (χ4n) is 2.38. The summed E-state index contributed by atoms with van der Waals surface area (Å²) >= 11 is 0. The lowest BCUT2D eigenvalue weighted by Crippen LogP contribution is -2.44. The lowest BCUT2D eigenvalue weighted by atomic mass is 9.98.